The molecule has 0 bridgehead atoms. The summed E-state index contributed by atoms with van der Waals surface area (Å²) in [6, 6.07) is 14.5. The second-order valence-electron chi connectivity index (χ2n) is 5.47. The van der Waals surface area contributed by atoms with Crippen molar-refractivity contribution in [3.8, 4) is 5.75 Å². The number of hydrogen-bond acceptors (Lipinski definition) is 3. The molecule has 0 saturated heterocycles. The van der Waals surface area contributed by atoms with Crippen LogP contribution in [0.15, 0.2) is 48.5 Å². The van der Waals surface area contributed by atoms with Crippen molar-refractivity contribution >= 4 is 11.5 Å². The molecule has 0 heterocycles. The van der Waals surface area contributed by atoms with Crippen LogP contribution in [0.5, 0.6) is 5.75 Å². The summed E-state index contributed by atoms with van der Waals surface area (Å²) >= 11 is 0. The summed E-state index contributed by atoms with van der Waals surface area (Å²) in [6.07, 6.45) is 2.15. The number of phenolic OH excluding ortho intramolecular Hbond substituents is 1. The Morgan fingerprint density at radius 3 is 2.45 bits per heavy atom. The normalized spacial score (nSPS) is 15.8. The Morgan fingerprint density at radius 1 is 1.15 bits per heavy atom. The van der Waals surface area contributed by atoms with Gasteiger partial charge in [0.05, 0.1) is 5.41 Å². The molecule has 0 aliphatic heterocycles. The molecular formula is C17H17NO2. The lowest BCUT2D eigenvalue weighted by Crippen LogP contribution is -2.22. The van der Waals surface area contributed by atoms with Crippen LogP contribution in [0.4, 0.5) is 5.69 Å². The maximum Gasteiger partial charge on any atom is 0.147 e. The van der Waals surface area contributed by atoms with Gasteiger partial charge in [-0.15, -0.1) is 0 Å². The molecule has 3 heteroatoms. The van der Waals surface area contributed by atoms with Crippen LogP contribution >= 0.6 is 0 Å². The smallest absolute Gasteiger partial charge is 0.147 e. The fraction of sp³-hybridized carbons (Fsp3) is 0.235. The van der Waals surface area contributed by atoms with Gasteiger partial charge in [-0.05, 0) is 48.2 Å². The predicted octanol–water partition coefficient (Wildman–Crippen LogP) is 2.82. The number of carbonyl (C=O) groups is 1. The van der Waals surface area contributed by atoms with Gasteiger partial charge in [-0.25, -0.2) is 0 Å². The summed E-state index contributed by atoms with van der Waals surface area (Å²) in [4.78, 5) is 12.6. The van der Waals surface area contributed by atoms with E-state index in [2.05, 4.69) is 0 Å². The Bertz CT molecular complexity index is 642. The predicted molar refractivity (Wildman–Crippen MR) is 78.6 cm³/mol. The van der Waals surface area contributed by atoms with E-state index in [4.69, 9.17) is 5.73 Å². The Morgan fingerprint density at radius 2 is 1.85 bits per heavy atom. The van der Waals surface area contributed by atoms with E-state index in [1.165, 1.54) is 0 Å². The van der Waals surface area contributed by atoms with Crippen LogP contribution in [0, 0.1) is 0 Å². The number of ketones is 1. The SMILES string of the molecule is Nc1ccc(C2(C(=O)Cc3cccc(O)c3)CC2)cc1. The van der Waals surface area contributed by atoms with Crippen molar-refractivity contribution in [2.24, 2.45) is 0 Å². The van der Waals surface area contributed by atoms with Gasteiger partial charge in [0.1, 0.15) is 11.5 Å². The van der Waals surface area contributed by atoms with E-state index in [0.717, 1.165) is 24.0 Å². The maximum atomic E-state index is 12.6. The van der Waals surface area contributed by atoms with Crippen LogP contribution in [-0.4, -0.2) is 10.9 Å². The van der Waals surface area contributed by atoms with Crippen molar-refractivity contribution in [3.63, 3.8) is 0 Å². The molecule has 3 nitrogen and oxygen atoms in total. The van der Waals surface area contributed by atoms with E-state index < -0.39 is 0 Å². The summed E-state index contributed by atoms with van der Waals surface area (Å²) in [5.74, 6) is 0.417. The second kappa shape index (κ2) is 4.67. The molecule has 0 radical (unpaired) electrons. The minimum absolute atomic E-state index is 0.202. The molecule has 0 aromatic heterocycles. The molecule has 0 atom stereocenters. The number of aromatic hydroxyl groups is 1. The summed E-state index contributed by atoms with van der Waals surface area (Å²) in [6.45, 7) is 0. The molecule has 0 spiro atoms. The Labute approximate surface area is 118 Å². The highest BCUT2D eigenvalue weighted by molar-refractivity contribution is 5.94. The first-order valence-electron chi connectivity index (χ1n) is 6.77. The van der Waals surface area contributed by atoms with E-state index in [1.807, 2.05) is 30.3 Å². The zero-order valence-corrected chi connectivity index (χ0v) is 11.2. The highest BCUT2D eigenvalue weighted by Gasteiger charge is 2.50. The number of Topliss-reactive ketones (excluding diaryl/α,β-unsaturated/α-hetero) is 1. The van der Waals surface area contributed by atoms with Crippen molar-refractivity contribution in [3.05, 3.63) is 59.7 Å². The first kappa shape index (κ1) is 12.7. The van der Waals surface area contributed by atoms with Crippen LogP contribution < -0.4 is 5.73 Å². The molecule has 3 rings (SSSR count). The summed E-state index contributed by atoms with van der Waals surface area (Å²) < 4.78 is 0. The van der Waals surface area contributed by atoms with Gasteiger partial charge in [-0.3, -0.25) is 4.79 Å². The highest BCUT2D eigenvalue weighted by Crippen LogP contribution is 2.49. The third kappa shape index (κ3) is 2.27. The van der Waals surface area contributed by atoms with Crippen molar-refractivity contribution in [2.45, 2.75) is 24.7 Å². The fourth-order valence-electron chi connectivity index (χ4n) is 2.68. The molecule has 1 aliphatic carbocycles. The third-order valence-electron chi connectivity index (χ3n) is 4.02. The molecule has 0 unspecified atom stereocenters. The Balaban J connectivity index is 1.81. The van der Waals surface area contributed by atoms with E-state index in [0.29, 0.717) is 12.1 Å². The Kier molecular flexibility index (Phi) is 2.97. The number of rotatable bonds is 4. The standard InChI is InChI=1S/C17H17NO2/c18-14-6-4-13(5-7-14)17(8-9-17)16(20)11-12-2-1-3-15(19)10-12/h1-7,10,19H,8-9,11,18H2. The molecule has 2 aromatic carbocycles. The fourth-order valence-corrected chi connectivity index (χ4v) is 2.68. The van der Waals surface area contributed by atoms with Gasteiger partial charge in [0.15, 0.2) is 0 Å². The van der Waals surface area contributed by atoms with Gasteiger partial charge in [0.2, 0.25) is 0 Å². The van der Waals surface area contributed by atoms with Crippen LogP contribution in [0.1, 0.15) is 24.0 Å². The minimum Gasteiger partial charge on any atom is -0.508 e. The third-order valence-corrected chi connectivity index (χ3v) is 4.02. The van der Waals surface area contributed by atoms with Crippen molar-refractivity contribution < 1.29 is 9.90 Å². The first-order chi connectivity index (χ1) is 9.60. The molecule has 3 N–H and O–H groups in total. The first-order valence-corrected chi connectivity index (χ1v) is 6.77. The zero-order chi connectivity index (χ0) is 14.2. The average molecular weight is 267 g/mol. The summed E-state index contributed by atoms with van der Waals surface area (Å²) in [7, 11) is 0. The highest BCUT2D eigenvalue weighted by atomic mass is 16.3. The second-order valence-corrected chi connectivity index (χ2v) is 5.47. The van der Waals surface area contributed by atoms with E-state index >= 15 is 0 Å². The lowest BCUT2D eigenvalue weighted by molar-refractivity contribution is -0.120. The number of phenols is 1. The zero-order valence-electron chi connectivity index (χ0n) is 11.2. The number of nitrogen functional groups attached to an aromatic ring is 1. The molecule has 1 saturated carbocycles. The van der Waals surface area contributed by atoms with Gasteiger partial charge in [0, 0.05) is 12.1 Å². The minimum atomic E-state index is -0.334. The molecule has 102 valence electrons. The topological polar surface area (TPSA) is 63.3 Å². The maximum absolute atomic E-state index is 12.6. The molecule has 1 aliphatic rings. The monoisotopic (exact) mass is 267 g/mol. The average Bonchev–Trinajstić information content (AvgIpc) is 3.21. The summed E-state index contributed by atoms with van der Waals surface area (Å²) in [5.41, 5.74) is 7.98. The molecule has 0 amide bonds. The number of benzene rings is 2. The van der Waals surface area contributed by atoms with Gasteiger partial charge >= 0.3 is 0 Å². The van der Waals surface area contributed by atoms with Gasteiger partial charge in [0.25, 0.3) is 0 Å². The molecule has 20 heavy (non-hydrogen) atoms. The number of nitrogens with two attached hydrogens (primary N) is 1. The largest absolute Gasteiger partial charge is 0.508 e. The van der Waals surface area contributed by atoms with E-state index in [1.54, 1.807) is 18.2 Å². The van der Waals surface area contributed by atoms with Crippen LogP contribution in [0.2, 0.25) is 0 Å². The molecule has 2 aromatic rings. The Hall–Kier alpha value is -2.29. The van der Waals surface area contributed by atoms with Crippen LogP contribution in [0.25, 0.3) is 0 Å². The van der Waals surface area contributed by atoms with Crippen molar-refractivity contribution in [2.75, 3.05) is 5.73 Å². The lowest BCUT2D eigenvalue weighted by Gasteiger charge is -2.15. The van der Waals surface area contributed by atoms with Crippen LogP contribution in [0.3, 0.4) is 0 Å². The van der Waals surface area contributed by atoms with E-state index in [9.17, 15) is 9.90 Å². The van der Waals surface area contributed by atoms with E-state index in [-0.39, 0.29) is 16.9 Å². The number of hydrogen-bond donors (Lipinski definition) is 2. The van der Waals surface area contributed by atoms with Gasteiger partial charge in [-0.2, -0.15) is 0 Å². The van der Waals surface area contributed by atoms with Crippen LogP contribution in [-0.2, 0) is 16.6 Å². The molecule has 1 fully saturated rings. The van der Waals surface area contributed by atoms with Crippen molar-refractivity contribution in [1.29, 1.82) is 0 Å². The number of carbonyl (C=O) groups excluding carboxylic acids is 1. The summed E-state index contributed by atoms with van der Waals surface area (Å²) in [5, 5.41) is 9.47. The van der Waals surface area contributed by atoms with Gasteiger partial charge in [-0.1, -0.05) is 24.3 Å². The van der Waals surface area contributed by atoms with Crippen molar-refractivity contribution in [1.82, 2.24) is 0 Å². The quantitative estimate of drug-likeness (QED) is 0.837. The van der Waals surface area contributed by atoms with Gasteiger partial charge < -0.3 is 10.8 Å². The number of anilines is 1. The molecular weight excluding hydrogens is 250 g/mol. The lowest BCUT2D eigenvalue weighted by atomic mass is 9.88.